The fourth-order valence-corrected chi connectivity index (χ4v) is 2.96. The van der Waals surface area contributed by atoms with Crippen LogP contribution in [0.4, 0.5) is 16.2 Å². The van der Waals surface area contributed by atoms with Crippen LogP contribution in [0.1, 0.15) is 12.8 Å². The highest BCUT2D eigenvalue weighted by atomic mass is 16.5. The Morgan fingerprint density at radius 2 is 1.76 bits per heavy atom. The van der Waals surface area contributed by atoms with Gasteiger partial charge in [-0.1, -0.05) is 30.3 Å². The zero-order chi connectivity index (χ0) is 17.6. The van der Waals surface area contributed by atoms with Crippen molar-refractivity contribution >= 4 is 23.3 Å². The molecule has 6 nitrogen and oxygen atoms in total. The lowest BCUT2D eigenvalue weighted by Gasteiger charge is -2.24. The number of rotatable bonds is 4. The van der Waals surface area contributed by atoms with Crippen LogP contribution in [0.3, 0.4) is 0 Å². The molecule has 1 fully saturated rings. The third-order valence-electron chi connectivity index (χ3n) is 4.21. The van der Waals surface area contributed by atoms with Gasteiger partial charge in [0.25, 0.3) is 0 Å². The maximum absolute atomic E-state index is 12.7. The van der Waals surface area contributed by atoms with E-state index in [-0.39, 0.29) is 11.9 Å². The molecule has 0 radical (unpaired) electrons. The number of benzene rings is 2. The molecule has 3 rings (SSSR count). The molecule has 25 heavy (non-hydrogen) atoms. The summed E-state index contributed by atoms with van der Waals surface area (Å²) in [5, 5.41) is 5.70. The highest BCUT2D eigenvalue weighted by molar-refractivity contribution is 6.00. The largest absolute Gasteiger partial charge is 0.495 e. The fourth-order valence-electron chi connectivity index (χ4n) is 2.96. The van der Waals surface area contributed by atoms with Crippen molar-refractivity contribution in [3.8, 4) is 5.75 Å². The summed E-state index contributed by atoms with van der Waals surface area (Å²) >= 11 is 0. The summed E-state index contributed by atoms with van der Waals surface area (Å²) in [4.78, 5) is 26.8. The summed E-state index contributed by atoms with van der Waals surface area (Å²) < 4.78 is 5.25. The summed E-state index contributed by atoms with van der Waals surface area (Å²) in [6.45, 7) is 0.558. The van der Waals surface area contributed by atoms with Crippen molar-refractivity contribution in [1.29, 1.82) is 0 Å². The minimum absolute atomic E-state index is 0.204. The van der Waals surface area contributed by atoms with Crippen LogP contribution < -0.4 is 15.4 Å². The van der Waals surface area contributed by atoms with Gasteiger partial charge < -0.3 is 20.3 Å². The normalized spacial score (nSPS) is 16.4. The smallest absolute Gasteiger partial charge is 0.322 e. The molecular weight excluding hydrogens is 318 g/mol. The number of anilines is 2. The molecule has 0 saturated carbocycles. The van der Waals surface area contributed by atoms with Gasteiger partial charge in [0, 0.05) is 12.2 Å². The number of hydrogen-bond donors (Lipinski definition) is 2. The first-order valence-corrected chi connectivity index (χ1v) is 8.25. The number of amides is 3. The molecule has 0 aliphatic carbocycles. The first kappa shape index (κ1) is 16.8. The van der Waals surface area contributed by atoms with Crippen molar-refractivity contribution in [2.24, 2.45) is 0 Å². The van der Waals surface area contributed by atoms with Crippen LogP contribution in [-0.4, -0.2) is 36.5 Å². The van der Waals surface area contributed by atoms with E-state index in [2.05, 4.69) is 10.6 Å². The number of para-hydroxylation sites is 3. The second-order valence-corrected chi connectivity index (χ2v) is 5.84. The number of hydrogen-bond acceptors (Lipinski definition) is 3. The van der Waals surface area contributed by atoms with Gasteiger partial charge in [0.2, 0.25) is 5.91 Å². The van der Waals surface area contributed by atoms with E-state index in [0.717, 1.165) is 6.42 Å². The summed E-state index contributed by atoms with van der Waals surface area (Å²) in [7, 11) is 1.56. The van der Waals surface area contributed by atoms with E-state index in [1.165, 1.54) is 0 Å². The number of ether oxygens (including phenoxy) is 1. The summed E-state index contributed by atoms with van der Waals surface area (Å²) in [5.74, 6) is 0.388. The summed E-state index contributed by atoms with van der Waals surface area (Å²) in [6.07, 6.45) is 1.44. The topological polar surface area (TPSA) is 70.7 Å². The van der Waals surface area contributed by atoms with Gasteiger partial charge in [0.1, 0.15) is 11.8 Å². The third-order valence-corrected chi connectivity index (χ3v) is 4.21. The lowest BCUT2D eigenvalue weighted by molar-refractivity contribution is -0.119. The van der Waals surface area contributed by atoms with Gasteiger partial charge in [0.15, 0.2) is 0 Å². The van der Waals surface area contributed by atoms with E-state index in [0.29, 0.717) is 30.1 Å². The maximum atomic E-state index is 12.7. The SMILES string of the molecule is COc1ccccc1NC(=O)C1CCCN1C(=O)Nc1ccccc1. The molecule has 2 N–H and O–H groups in total. The standard InChI is InChI=1S/C19H21N3O3/c1-25-17-12-6-5-10-15(17)21-18(23)16-11-7-13-22(16)19(24)20-14-8-3-2-4-9-14/h2-6,8-10,12,16H,7,11,13H2,1H3,(H,20,24)(H,21,23). The zero-order valence-electron chi connectivity index (χ0n) is 14.1. The van der Waals surface area contributed by atoms with Gasteiger partial charge in [0.05, 0.1) is 12.8 Å². The molecule has 3 amide bonds. The molecule has 0 aromatic heterocycles. The van der Waals surface area contributed by atoms with Crippen molar-refractivity contribution in [2.45, 2.75) is 18.9 Å². The number of likely N-dealkylation sites (tertiary alicyclic amines) is 1. The van der Waals surface area contributed by atoms with Gasteiger partial charge in [-0.2, -0.15) is 0 Å². The number of nitrogens with zero attached hydrogens (tertiary/aromatic N) is 1. The highest BCUT2D eigenvalue weighted by Gasteiger charge is 2.34. The molecule has 130 valence electrons. The van der Waals surface area contributed by atoms with E-state index >= 15 is 0 Å². The predicted molar refractivity (Wildman–Crippen MR) is 96.8 cm³/mol. The Morgan fingerprint density at radius 3 is 2.52 bits per heavy atom. The third kappa shape index (κ3) is 3.91. The van der Waals surface area contributed by atoms with E-state index in [1.54, 1.807) is 24.1 Å². The second-order valence-electron chi connectivity index (χ2n) is 5.84. The van der Waals surface area contributed by atoms with Crippen molar-refractivity contribution in [3.05, 3.63) is 54.6 Å². The first-order chi connectivity index (χ1) is 12.2. The Balaban J connectivity index is 1.68. The fraction of sp³-hybridized carbons (Fsp3) is 0.263. The number of carbonyl (C=O) groups excluding carboxylic acids is 2. The number of nitrogens with one attached hydrogen (secondary N) is 2. The average Bonchev–Trinajstić information content (AvgIpc) is 3.13. The van der Waals surface area contributed by atoms with Crippen molar-refractivity contribution in [1.82, 2.24) is 4.90 Å². The van der Waals surface area contributed by atoms with Crippen LogP contribution >= 0.6 is 0 Å². The van der Waals surface area contributed by atoms with Crippen LogP contribution in [0.5, 0.6) is 5.75 Å². The highest BCUT2D eigenvalue weighted by Crippen LogP contribution is 2.25. The van der Waals surface area contributed by atoms with Crippen LogP contribution in [0, 0.1) is 0 Å². The summed E-state index contributed by atoms with van der Waals surface area (Å²) in [6, 6.07) is 15.7. The lowest BCUT2D eigenvalue weighted by atomic mass is 10.2. The molecule has 2 aromatic rings. The lowest BCUT2D eigenvalue weighted by Crippen LogP contribution is -2.45. The monoisotopic (exact) mass is 339 g/mol. The van der Waals surface area contributed by atoms with E-state index < -0.39 is 6.04 Å². The van der Waals surface area contributed by atoms with Crippen molar-refractivity contribution in [2.75, 3.05) is 24.3 Å². The molecule has 1 aliphatic heterocycles. The first-order valence-electron chi connectivity index (χ1n) is 8.25. The molecule has 2 aromatic carbocycles. The zero-order valence-corrected chi connectivity index (χ0v) is 14.1. The number of carbonyl (C=O) groups is 2. The predicted octanol–water partition coefficient (Wildman–Crippen LogP) is 3.33. The number of urea groups is 1. The van der Waals surface area contributed by atoms with Crippen LogP contribution in [-0.2, 0) is 4.79 Å². The number of methoxy groups -OCH3 is 1. The van der Waals surface area contributed by atoms with E-state index in [4.69, 9.17) is 4.74 Å². The van der Waals surface area contributed by atoms with Gasteiger partial charge >= 0.3 is 6.03 Å². The Hall–Kier alpha value is -3.02. The van der Waals surface area contributed by atoms with Gasteiger partial charge in [-0.15, -0.1) is 0 Å². The molecular formula is C19H21N3O3. The average molecular weight is 339 g/mol. The minimum atomic E-state index is -0.492. The molecule has 1 aliphatic rings. The molecule has 1 saturated heterocycles. The Labute approximate surface area is 146 Å². The van der Waals surface area contributed by atoms with Crippen LogP contribution in [0.25, 0.3) is 0 Å². The van der Waals surface area contributed by atoms with E-state index in [9.17, 15) is 9.59 Å². The van der Waals surface area contributed by atoms with E-state index in [1.807, 2.05) is 42.5 Å². The molecule has 1 heterocycles. The quantitative estimate of drug-likeness (QED) is 0.897. The van der Waals surface area contributed by atoms with Gasteiger partial charge in [-0.05, 0) is 37.1 Å². The van der Waals surface area contributed by atoms with Crippen molar-refractivity contribution in [3.63, 3.8) is 0 Å². The Morgan fingerprint density at radius 1 is 1.04 bits per heavy atom. The van der Waals surface area contributed by atoms with Gasteiger partial charge in [-0.25, -0.2) is 4.79 Å². The molecule has 6 heteroatoms. The molecule has 0 bridgehead atoms. The second kappa shape index (κ2) is 7.70. The summed E-state index contributed by atoms with van der Waals surface area (Å²) in [5.41, 5.74) is 1.31. The maximum Gasteiger partial charge on any atom is 0.322 e. The van der Waals surface area contributed by atoms with Crippen LogP contribution in [0.2, 0.25) is 0 Å². The minimum Gasteiger partial charge on any atom is -0.495 e. The molecule has 1 atom stereocenters. The van der Waals surface area contributed by atoms with Crippen molar-refractivity contribution < 1.29 is 14.3 Å². The Kier molecular flexibility index (Phi) is 5.18. The molecule has 1 unspecified atom stereocenters. The van der Waals surface area contributed by atoms with Crippen LogP contribution in [0.15, 0.2) is 54.6 Å². The molecule has 0 spiro atoms. The Bertz CT molecular complexity index is 749. The van der Waals surface area contributed by atoms with Gasteiger partial charge in [-0.3, -0.25) is 4.79 Å².